The summed E-state index contributed by atoms with van der Waals surface area (Å²) in [6.45, 7) is 2.04. The number of aliphatic hydroxyl groups excluding tert-OH is 1. The third kappa shape index (κ3) is 2.47. The van der Waals surface area contributed by atoms with Gasteiger partial charge in [0.15, 0.2) is 0 Å². The molecule has 1 aliphatic carbocycles. The summed E-state index contributed by atoms with van der Waals surface area (Å²) in [7, 11) is 0. The maximum absolute atomic E-state index is 10.5. The van der Waals surface area contributed by atoms with Crippen molar-refractivity contribution < 1.29 is 5.11 Å². The lowest BCUT2D eigenvalue weighted by atomic mass is 9.97. The lowest BCUT2D eigenvalue weighted by Crippen LogP contribution is -2.01. The van der Waals surface area contributed by atoms with Crippen LogP contribution >= 0.6 is 15.9 Å². The van der Waals surface area contributed by atoms with Gasteiger partial charge in [-0.25, -0.2) is 0 Å². The fourth-order valence-electron chi connectivity index (χ4n) is 2.79. The Kier molecular flexibility index (Phi) is 3.46. The minimum absolute atomic E-state index is 0.530. The molecule has 0 fully saturated rings. The molecule has 1 nitrogen and oxygen atoms in total. The molecule has 0 saturated carbocycles. The molecule has 0 spiro atoms. The van der Waals surface area contributed by atoms with Gasteiger partial charge in [-0.2, -0.15) is 0 Å². The van der Waals surface area contributed by atoms with E-state index in [4.69, 9.17) is 0 Å². The smallest absolute Gasteiger partial charge is 0.104 e. The van der Waals surface area contributed by atoms with Crippen molar-refractivity contribution in [1.29, 1.82) is 0 Å². The van der Waals surface area contributed by atoms with Gasteiger partial charge in [-0.1, -0.05) is 46.3 Å². The van der Waals surface area contributed by atoms with Gasteiger partial charge in [0.25, 0.3) is 0 Å². The van der Waals surface area contributed by atoms with E-state index in [0.717, 1.165) is 27.6 Å². The van der Waals surface area contributed by atoms with E-state index in [0.29, 0.717) is 0 Å². The summed E-state index contributed by atoms with van der Waals surface area (Å²) >= 11 is 3.49. The summed E-state index contributed by atoms with van der Waals surface area (Å²) in [6, 6.07) is 12.4. The van der Waals surface area contributed by atoms with Crippen molar-refractivity contribution in [2.45, 2.75) is 32.3 Å². The predicted octanol–water partition coefficient (Wildman–Crippen LogP) is 4.33. The maximum atomic E-state index is 10.5. The quantitative estimate of drug-likeness (QED) is 0.874. The second kappa shape index (κ2) is 5.10. The number of fused-ring (bicyclic) bond motifs is 1. The topological polar surface area (TPSA) is 20.2 Å². The van der Waals surface area contributed by atoms with Crippen LogP contribution < -0.4 is 0 Å². The highest BCUT2D eigenvalue weighted by Crippen LogP contribution is 2.29. The standard InChI is InChI=1S/C17H17BrO/c1-11-9-14(7-8-16(11)18)17(19)15-6-5-12-3-2-4-13(12)10-15/h5-10,17,19H,2-4H2,1H3. The number of aryl methyl sites for hydroxylation is 3. The van der Waals surface area contributed by atoms with Gasteiger partial charge in [0.05, 0.1) is 0 Å². The molecule has 3 rings (SSSR count). The lowest BCUT2D eigenvalue weighted by molar-refractivity contribution is 0.220. The van der Waals surface area contributed by atoms with E-state index in [1.165, 1.54) is 24.0 Å². The van der Waals surface area contributed by atoms with Crippen LogP contribution in [0.15, 0.2) is 40.9 Å². The zero-order valence-electron chi connectivity index (χ0n) is 11.0. The summed E-state index contributed by atoms with van der Waals surface area (Å²) in [4.78, 5) is 0. The molecule has 0 amide bonds. The van der Waals surface area contributed by atoms with Crippen LogP contribution in [0, 0.1) is 6.92 Å². The molecular formula is C17H17BrO. The Bertz CT molecular complexity index is 619. The van der Waals surface area contributed by atoms with Crippen LogP contribution in [-0.2, 0) is 12.8 Å². The van der Waals surface area contributed by atoms with Gasteiger partial charge in [0.2, 0.25) is 0 Å². The molecule has 0 heterocycles. The van der Waals surface area contributed by atoms with Gasteiger partial charge in [-0.3, -0.25) is 0 Å². The molecule has 98 valence electrons. The Morgan fingerprint density at radius 3 is 2.47 bits per heavy atom. The number of hydrogen-bond donors (Lipinski definition) is 1. The third-order valence-electron chi connectivity index (χ3n) is 3.94. The maximum Gasteiger partial charge on any atom is 0.104 e. The Morgan fingerprint density at radius 1 is 1.00 bits per heavy atom. The summed E-state index contributed by atoms with van der Waals surface area (Å²) in [5, 5.41) is 10.5. The molecule has 0 bridgehead atoms. The predicted molar refractivity (Wildman–Crippen MR) is 81.4 cm³/mol. The molecule has 1 unspecified atom stereocenters. The van der Waals surface area contributed by atoms with Gasteiger partial charge >= 0.3 is 0 Å². The molecule has 1 atom stereocenters. The first-order chi connectivity index (χ1) is 9.15. The summed E-state index contributed by atoms with van der Waals surface area (Å²) < 4.78 is 1.08. The highest BCUT2D eigenvalue weighted by Gasteiger charge is 2.16. The number of halogens is 1. The van der Waals surface area contributed by atoms with Crippen molar-refractivity contribution in [2.24, 2.45) is 0 Å². The van der Waals surface area contributed by atoms with Crippen LogP contribution in [0.2, 0.25) is 0 Å². The van der Waals surface area contributed by atoms with E-state index in [2.05, 4.69) is 34.1 Å². The Labute approximate surface area is 122 Å². The van der Waals surface area contributed by atoms with Crippen molar-refractivity contribution >= 4 is 15.9 Å². The Balaban J connectivity index is 1.94. The zero-order chi connectivity index (χ0) is 13.4. The summed E-state index contributed by atoms with van der Waals surface area (Å²) in [6.07, 6.45) is 3.04. The molecule has 2 aromatic rings. The Morgan fingerprint density at radius 2 is 1.68 bits per heavy atom. The Hall–Kier alpha value is -1.12. The van der Waals surface area contributed by atoms with Crippen LogP contribution in [0.3, 0.4) is 0 Å². The molecule has 0 radical (unpaired) electrons. The average Bonchev–Trinajstić information content (AvgIpc) is 2.88. The van der Waals surface area contributed by atoms with Gasteiger partial charge in [0.1, 0.15) is 6.10 Å². The van der Waals surface area contributed by atoms with Crippen molar-refractivity contribution in [3.8, 4) is 0 Å². The van der Waals surface area contributed by atoms with E-state index in [9.17, 15) is 5.11 Å². The fourth-order valence-corrected chi connectivity index (χ4v) is 3.04. The van der Waals surface area contributed by atoms with Gasteiger partial charge in [-0.05, 0) is 60.1 Å². The molecular weight excluding hydrogens is 300 g/mol. The van der Waals surface area contributed by atoms with Gasteiger partial charge in [-0.15, -0.1) is 0 Å². The lowest BCUT2D eigenvalue weighted by Gasteiger charge is -2.14. The van der Waals surface area contributed by atoms with Crippen LogP contribution in [0.25, 0.3) is 0 Å². The third-order valence-corrected chi connectivity index (χ3v) is 4.83. The molecule has 0 saturated heterocycles. The van der Waals surface area contributed by atoms with Crippen molar-refractivity contribution in [3.63, 3.8) is 0 Å². The molecule has 2 aromatic carbocycles. The highest BCUT2D eigenvalue weighted by atomic mass is 79.9. The molecule has 1 aliphatic rings. The fraction of sp³-hybridized carbons (Fsp3) is 0.294. The van der Waals surface area contributed by atoms with Crippen molar-refractivity contribution in [3.05, 3.63) is 68.7 Å². The molecule has 0 aromatic heterocycles. The second-order valence-electron chi connectivity index (χ2n) is 5.29. The summed E-state index contributed by atoms with van der Waals surface area (Å²) in [5.74, 6) is 0. The van der Waals surface area contributed by atoms with E-state index in [1.807, 2.05) is 25.1 Å². The van der Waals surface area contributed by atoms with Crippen molar-refractivity contribution in [1.82, 2.24) is 0 Å². The molecule has 2 heteroatoms. The van der Waals surface area contributed by atoms with Crippen LogP contribution in [-0.4, -0.2) is 5.11 Å². The number of aliphatic hydroxyl groups is 1. The van der Waals surface area contributed by atoms with E-state index in [-0.39, 0.29) is 0 Å². The van der Waals surface area contributed by atoms with Crippen LogP contribution in [0.5, 0.6) is 0 Å². The zero-order valence-corrected chi connectivity index (χ0v) is 12.6. The van der Waals surface area contributed by atoms with Gasteiger partial charge in [0, 0.05) is 4.47 Å². The van der Waals surface area contributed by atoms with Gasteiger partial charge < -0.3 is 5.11 Å². The monoisotopic (exact) mass is 316 g/mol. The van der Waals surface area contributed by atoms with E-state index >= 15 is 0 Å². The minimum Gasteiger partial charge on any atom is -0.384 e. The normalized spacial score (nSPS) is 15.3. The van der Waals surface area contributed by atoms with Crippen molar-refractivity contribution in [2.75, 3.05) is 0 Å². The molecule has 1 N–H and O–H groups in total. The number of hydrogen-bond acceptors (Lipinski definition) is 1. The number of rotatable bonds is 2. The first-order valence-electron chi connectivity index (χ1n) is 6.71. The minimum atomic E-state index is -0.530. The average molecular weight is 317 g/mol. The molecule has 19 heavy (non-hydrogen) atoms. The largest absolute Gasteiger partial charge is 0.384 e. The van der Waals surface area contributed by atoms with E-state index in [1.54, 1.807) is 0 Å². The summed E-state index contributed by atoms with van der Waals surface area (Å²) in [5.41, 5.74) is 5.96. The number of benzene rings is 2. The van der Waals surface area contributed by atoms with Crippen LogP contribution in [0.4, 0.5) is 0 Å². The van der Waals surface area contributed by atoms with E-state index < -0.39 is 6.10 Å². The first kappa shape index (κ1) is 12.9. The highest BCUT2D eigenvalue weighted by molar-refractivity contribution is 9.10. The van der Waals surface area contributed by atoms with Crippen LogP contribution in [0.1, 0.15) is 40.3 Å². The first-order valence-corrected chi connectivity index (χ1v) is 7.50. The molecule has 0 aliphatic heterocycles. The SMILES string of the molecule is Cc1cc(C(O)c2ccc3c(c2)CCC3)ccc1Br. The second-order valence-corrected chi connectivity index (χ2v) is 6.15.